The van der Waals surface area contributed by atoms with Crippen LogP contribution in [0, 0.1) is 0 Å². The number of ether oxygens (including phenoxy) is 4. The molecule has 4 rings (SSSR count). The number of methoxy groups -OCH3 is 4. The topological polar surface area (TPSA) is 111 Å². The third kappa shape index (κ3) is 4.74. The van der Waals surface area contributed by atoms with Crippen LogP contribution < -0.4 is 18.9 Å². The van der Waals surface area contributed by atoms with E-state index in [1.807, 2.05) is 19.0 Å². The molecule has 2 heterocycles. The number of hydrogen-bond donors (Lipinski definition) is 1. The summed E-state index contributed by atoms with van der Waals surface area (Å²) in [5, 5.41) is 11.7. The van der Waals surface area contributed by atoms with Gasteiger partial charge in [-0.05, 0) is 56.9 Å². The standard InChI is InChI=1S/C28H32N2O8/c1-29(2)11-8-12-30-23(17-14-20(35-4)27(37-6)21(15-17)36-5)22(25(32)28(30)33)24(31)19-13-16-9-7-10-18(34-3)26(16)38-19/h7,9-10,13-15,23,32H,8,11-12H2,1-6H3/t23-/m0/s1. The number of para-hydroxylation sites is 1. The Labute approximate surface area is 220 Å². The van der Waals surface area contributed by atoms with E-state index in [1.54, 1.807) is 36.4 Å². The maximum atomic E-state index is 13.9. The summed E-state index contributed by atoms with van der Waals surface area (Å²) in [6.45, 7) is 1.01. The molecule has 1 aliphatic heterocycles. The summed E-state index contributed by atoms with van der Waals surface area (Å²) in [5.74, 6) is -0.343. The fourth-order valence-electron chi connectivity index (χ4n) is 4.72. The van der Waals surface area contributed by atoms with Crippen LogP contribution in [0.2, 0.25) is 0 Å². The fourth-order valence-corrected chi connectivity index (χ4v) is 4.72. The number of rotatable bonds is 11. The van der Waals surface area contributed by atoms with Crippen LogP contribution in [0.1, 0.15) is 28.6 Å². The average molecular weight is 525 g/mol. The van der Waals surface area contributed by atoms with Crippen LogP contribution in [0.4, 0.5) is 0 Å². The van der Waals surface area contributed by atoms with Crippen molar-refractivity contribution in [3.05, 3.63) is 59.1 Å². The van der Waals surface area contributed by atoms with Crippen molar-refractivity contribution in [2.24, 2.45) is 0 Å². The van der Waals surface area contributed by atoms with Crippen molar-refractivity contribution >= 4 is 22.7 Å². The van der Waals surface area contributed by atoms with Gasteiger partial charge in [0.25, 0.3) is 5.91 Å². The van der Waals surface area contributed by atoms with Crippen LogP contribution in [-0.4, -0.2) is 82.2 Å². The van der Waals surface area contributed by atoms with Crippen molar-refractivity contribution in [3.63, 3.8) is 0 Å². The normalized spacial score (nSPS) is 15.5. The minimum Gasteiger partial charge on any atom is -0.503 e. The summed E-state index contributed by atoms with van der Waals surface area (Å²) < 4.78 is 27.7. The van der Waals surface area contributed by atoms with Crippen LogP contribution in [0.3, 0.4) is 0 Å². The Morgan fingerprint density at radius 2 is 1.66 bits per heavy atom. The molecule has 1 aromatic heterocycles. The SMILES string of the molecule is COc1cc([C@H]2C(C(=O)c3cc4cccc(OC)c4o3)=C(O)C(=O)N2CCCN(C)C)cc(OC)c1OC. The van der Waals surface area contributed by atoms with Crippen molar-refractivity contribution in [3.8, 4) is 23.0 Å². The van der Waals surface area contributed by atoms with Crippen LogP contribution in [-0.2, 0) is 4.79 Å². The van der Waals surface area contributed by atoms with Gasteiger partial charge in [0, 0.05) is 11.9 Å². The van der Waals surface area contributed by atoms with Gasteiger partial charge in [0.05, 0.1) is 40.1 Å². The van der Waals surface area contributed by atoms with Gasteiger partial charge in [-0.1, -0.05) is 12.1 Å². The third-order valence-electron chi connectivity index (χ3n) is 6.51. The van der Waals surface area contributed by atoms with Crippen LogP contribution in [0.15, 0.2) is 52.1 Å². The van der Waals surface area contributed by atoms with Crippen molar-refractivity contribution in [1.82, 2.24) is 9.80 Å². The number of Topliss-reactive ketones (excluding diaryl/α,β-unsaturated/α-hetero) is 1. The second-order valence-corrected chi connectivity index (χ2v) is 9.10. The maximum Gasteiger partial charge on any atom is 0.290 e. The molecular weight excluding hydrogens is 492 g/mol. The number of amides is 1. The van der Waals surface area contributed by atoms with Crippen LogP contribution in [0.5, 0.6) is 23.0 Å². The number of carbonyl (C=O) groups is 2. The van der Waals surface area contributed by atoms with Gasteiger partial charge in [0.15, 0.2) is 34.4 Å². The van der Waals surface area contributed by atoms with Gasteiger partial charge in [-0.2, -0.15) is 0 Å². The zero-order valence-electron chi connectivity index (χ0n) is 22.4. The second-order valence-electron chi connectivity index (χ2n) is 9.10. The predicted molar refractivity (Wildman–Crippen MR) is 140 cm³/mol. The molecule has 0 aliphatic carbocycles. The molecule has 1 aliphatic rings. The van der Waals surface area contributed by atoms with E-state index in [0.717, 1.165) is 0 Å². The number of aliphatic hydroxyl groups is 1. The number of hydrogen-bond acceptors (Lipinski definition) is 9. The molecule has 1 N–H and O–H groups in total. The minimum absolute atomic E-state index is 0.0218. The molecule has 2 aromatic carbocycles. The molecule has 0 saturated heterocycles. The lowest BCUT2D eigenvalue weighted by molar-refractivity contribution is -0.129. The molecule has 10 nitrogen and oxygen atoms in total. The highest BCUT2D eigenvalue weighted by Gasteiger charge is 2.45. The molecule has 3 aromatic rings. The van der Waals surface area contributed by atoms with E-state index in [2.05, 4.69) is 0 Å². The highest BCUT2D eigenvalue weighted by atomic mass is 16.5. The predicted octanol–water partition coefficient (Wildman–Crippen LogP) is 4.00. The highest BCUT2D eigenvalue weighted by Crippen LogP contribution is 2.46. The summed E-state index contributed by atoms with van der Waals surface area (Å²) in [5.41, 5.74) is 0.820. The van der Waals surface area contributed by atoms with Crippen LogP contribution in [0.25, 0.3) is 11.0 Å². The Morgan fingerprint density at radius 3 is 2.24 bits per heavy atom. The molecule has 1 amide bonds. The average Bonchev–Trinajstić information content (AvgIpc) is 3.46. The third-order valence-corrected chi connectivity index (χ3v) is 6.51. The zero-order valence-corrected chi connectivity index (χ0v) is 22.4. The Balaban J connectivity index is 1.85. The lowest BCUT2D eigenvalue weighted by Gasteiger charge is -2.28. The molecule has 0 fully saturated rings. The number of benzene rings is 2. The lowest BCUT2D eigenvalue weighted by atomic mass is 9.94. The first kappa shape index (κ1) is 26.9. The van der Waals surface area contributed by atoms with Crippen molar-refractivity contribution in [2.45, 2.75) is 12.5 Å². The summed E-state index contributed by atoms with van der Waals surface area (Å²) in [7, 11) is 9.83. The second kappa shape index (κ2) is 11.1. The largest absolute Gasteiger partial charge is 0.503 e. The van der Waals surface area contributed by atoms with Gasteiger partial charge in [-0.3, -0.25) is 9.59 Å². The van der Waals surface area contributed by atoms with E-state index < -0.39 is 23.5 Å². The lowest BCUT2D eigenvalue weighted by Crippen LogP contribution is -2.33. The van der Waals surface area contributed by atoms with Gasteiger partial charge in [-0.15, -0.1) is 0 Å². The number of ketones is 1. The summed E-state index contributed by atoms with van der Waals surface area (Å²) in [6.07, 6.45) is 0.621. The Kier molecular flexibility index (Phi) is 7.82. The molecule has 0 unspecified atom stereocenters. The number of furan rings is 1. The molecule has 0 saturated carbocycles. The molecule has 10 heteroatoms. The number of nitrogens with zero attached hydrogens (tertiary/aromatic N) is 2. The fraction of sp³-hybridized carbons (Fsp3) is 0.357. The smallest absolute Gasteiger partial charge is 0.290 e. The molecule has 202 valence electrons. The Hall–Kier alpha value is -4.18. The maximum absolute atomic E-state index is 13.9. The number of fused-ring (bicyclic) bond motifs is 1. The van der Waals surface area contributed by atoms with Gasteiger partial charge in [-0.25, -0.2) is 0 Å². The van der Waals surface area contributed by atoms with Gasteiger partial charge in [0.1, 0.15) is 0 Å². The summed E-state index contributed by atoms with van der Waals surface area (Å²) >= 11 is 0. The van der Waals surface area contributed by atoms with Crippen molar-refractivity contribution in [2.75, 3.05) is 55.6 Å². The Bertz CT molecular complexity index is 1370. The van der Waals surface area contributed by atoms with Crippen molar-refractivity contribution < 1.29 is 38.1 Å². The number of carbonyl (C=O) groups excluding carboxylic acids is 2. The van der Waals surface area contributed by atoms with E-state index in [1.165, 1.54) is 33.3 Å². The quantitative estimate of drug-likeness (QED) is 0.372. The first-order chi connectivity index (χ1) is 18.2. The highest BCUT2D eigenvalue weighted by molar-refractivity contribution is 6.16. The molecule has 0 spiro atoms. The van der Waals surface area contributed by atoms with Crippen LogP contribution >= 0.6 is 0 Å². The monoisotopic (exact) mass is 524 g/mol. The molecule has 1 atom stereocenters. The van der Waals surface area contributed by atoms with Gasteiger partial charge in [0.2, 0.25) is 11.5 Å². The van der Waals surface area contributed by atoms with E-state index in [0.29, 0.717) is 59.0 Å². The molecule has 0 radical (unpaired) electrons. The van der Waals surface area contributed by atoms with E-state index in [-0.39, 0.29) is 11.3 Å². The van der Waals surface area contributed by atoms with E-state index in [4.69, 9.17) is 23.4 Å². The summed E-state index contributed by atoms with van der Waals surface area (Å²) in [4.78, 5) is 30.7. The van der Waals surface area contributed by atoms with Gasteiger partial charge >= 0.3 is 0 Å². The minimum atomic E-state index is -0.916. The molecular formula is C28H32N2O8. The van der Waals surface area contributed by atoms with E-state index >= 15 is 0 Å². The first-order valence-electron chi connectivity index (χ1n) is 12.1. The zero-order chi connectivity index (χ0) is 27.6. The van der Waals surface area contributed by atoms with Crippen molar-refractivity contribution in [1.29, 1.82) is 0 Å². The first-order valence-corrected chi connectivity index (χ1v) is 12.1. The van der Waals surface area contributed by atoms with E-state index in [9.17, 15) is 14.7 Å². The summed E-state index contributed by atoms with van der Waals surface area (Å²) in [6, 6.07) is 9.30. The molecule has 38 heavy (non-hydrogen) atoms. The Morgan fingerprint density at radius 1 is 1.00 bits per heavy atom. The number of aliphatic hydroxyl groups excluding tert-OH is 1. The molecule has 0 bridgehead atoms. The van der Waals surface area contributed by atoms with Gasteiger partial charge < -0.3 is 38.3 Å².